The van der Waals surface area contributed by atoms with Crippen LogP contribution in [0.5, 0.6) is 11.5 Å². The molecule has 252 valence electrons. The molecule has 1 unspecified atom stereocenters. The van der Waals surface area contributed by atoms with Gasteiger partial charge in [0.2, 0.25) is 11.6 Å². The van der Waals surface area contributed by atoms with Gasteiger partial charge in [-0.3, -0.25) is 0 Å². The Balaban J connectivity index is 1.19. The molecule has 47 heavy (non-hydrogen) atoms. The number of hydrogen-bond donors (Lipinski definition) is 0. The number of rotatable bonds is 11. The summed E-state index contributed by atoms with van der Waals surface area (Å²) < 4.78 is 105. The fourth-order valence-electron chi connectivity index (χ4n) is 6.48. The lowest BCUT2D eigenvalue weighted by atomic mass is 9.75. The highest BCUT2D eigenvalue weighted by Crippen LogP contribution is 2.43. The molecule has 0 bridgehead atoms. The maximum atomic E-state index is 15.3. The van der Waals surface area contributed by atoms with Crippen LogP contribution in [0.1, 0.15) is 111 Å². The Morgan fingerprint density at radius 3 is 1.91 bits per heavy atom. The SMILES string of the molecule is CCCCOc1ccc(C2=CCC(OC(=O)c3ccc(C4CCC(c5ccc(OCC)c(F)c5F)CC4)c(F)c3F)CC2)c(F)c1F. The van der Waals surface area contributed by atoms with Gasteiger partial charge in [-0.15, -0.1) is 0 Å². The zero-order chi connectivity index (χ0) is 33.7. The second-order valence-corrected chi connectivity index (χ2v) is 12.1. The van der Waals surface area contributed by atoms with E-state index in [-0.39, 0.29) is 72.5 Å². The Bertz CT molecular complexity index is 1630. The van der Waals surface area contributed by atoms with Gasteiger partial charge in [-0.25, -0.2) is 22.4 Å². The number of allylic oxidation sites excluding steroid dienone is 1. The lowest BCUT2D eigenvalue weighted by Crippen LogP contribution is -2.22. The van der Waals surface area contributed by atoms with Gasteiger partial charge < -0.3 is 14.2 Å². The lowest BCUT2D eigenvalue weighted by Gasteiger charge is -2.30. The van der Waals surface area contributed by atoms with Gasteiger partial charge in [0.15, 0.2) is 34.8 Å². The number of carbonyl (C=O) groups is 1. The van der Waals surface area contributed by atoms with Crippen LogP contribution in [0.2, 0.25) is 0 Å². The van der Waals surface area contributed by atoms with Gasteiger partial charge in [-0.1, -0.05) is 31.6 Å². The first-order valence-electron chi connectivity index (χ1n) is 16.2. The van der Waals surface area contributed by atoms with E-state index in [0.29, 0.717) is 31.3 Å². The van der Waals surface area contributed by atoms with E-state index in [4.69, 9.17) is 14.2 Å². The van der Waals surface area contributed by atoms with Gasteiger partial charge >= 0.3 is 5.97 Å². The Hall–Kier alpha value is -3.95. The van der Waals surface area contributed by atoms with Crippen molar-refractivity contribution in [1.82, 2.24) is 0 Å². The molecule has 0 aliphatic heterocycles. The minimum Gasteiger partial charge on any atom is -0.491 e. The molecule has 0 spiro atoms. The molecule has 5 rings (SSSR count). The summed E-state index contributed by atoms with van der Waals surface area (Å²) in [4.78, 5) is 12.8. The monoisotopic (exact) mass is 660 g/mol. The second-order valence-electron chi connectivity index (χ2n) is 12.1. The summed E-state index contributed by atoms with van der Waals surface area (Å²) in [6.07, 6.45) is 5.10. The predicted octanol–water partition coefficient (Wildman–Crippen LogP) is 10.3. The molecule has 0 aromatic heterocycles. The molecule has 0 heterocycles. The highest BCUT2D eigenvalue weighted by molar-refractivity contribution is 5.90. The zero-order valence-corrected chi connectivity index (χ0v) is 26.5. The average Bonchev–Trinajstić information content (AvgIpc) is 3.07. The Morgan fingerprint density at radius 2 is 1.30 bits per heavy atom. The topological polar surface area (TPSA) is 44.8 Å². The van der Waals surface area contributed by atoms with Crippen molar-refractivity contribution >= 4 is 11.5 Å². The van der Waals surface area contributed by atoms with E-state index in [0.717, 1.165) is 12.8 Å². The van der Waals surface area contributed by atoms with Crippen molar-refractivity contribution < 1.29 is 45.3 Å². The molecular weight excluding hydrogens is 622 g/mol. The van der Waals surface area contributed by atoms with Crippen molar-refractivity contribution in [2.75, 3.05) is 13.2 Å². The van der Waals surface area contributed by atoms with Crippen LogP contribution in [0, 0.1) is 34.9 Å². The van der Waals surface area contributed by atoms with Gasteiger partial charge in [0.25, 0.3) is 0 Å². The van der Waals surface area contributed by atoms with Crippen molar-refractivity contribution in [3.8, 4) is 11.5 Å². The summed E-state index contributed by atoms with van der Waals surface area (Å²) >= 11 is 0. The summed E-state index contributed by atoms with van der Waals surface area (Å²) in [5.41, 5.74) is 0.483. The molecule has 2 aliphatic carbocycles. The van der Waals surface area contributed by atoms with E-state index >= 15 is 8.78 Å². The first-order valence-corrected chi connectivity index (χ1v) is 16.2. The zero-order valence-electron chi connectivity index (χ0n) is 26.5. The van der Waals surface area contributed by atoms with E-state index in [1.165, 1.54) is 36.4 Å². The Labute approximate surface area is 270 Å². The molecule has 0 N–H and O–H groups in total. The molecule has 3 aromatic carbocycles. The fraction of sp³-hybridized carbons (Fsp3) is 0.432. The minimum absolute atomic E-state index is 0.102. The third-order valence-electron chi connectivity index (χ3n) is 9.10. The molecule has 3 aromatic rings. The predicted molar refractivity (Wildman–Crippen MR) is 166 cm³/mol. The molecule has 1 fully saturated rings. The lowest BCUT2D eigenvalue weighted by molar-refractivity contribution is 0.0278. The third kappa shape index (κ3) is 7.47. The molecule has 0 radical (unpaired) electrons. The van der Waals surface area contributed by atoms with Crippen LogP contribution in [0.3, 0.4) is 0 Å². The molecule has 1 saturated carbocycles. The average molecular weight is 661 g/mol. The van der Waals surface area contributed by atoms with Gasteiger partial charge in [0.05, 0.1) is 18.8 Å². The maximum absolute atomic E-state index is 15.3. The smallest absolute Gasteiger partial charge is 0.341 e. The van der Waals surface area contributed by atoms with Crippen LogP contribution in [-0.4, -0.2) is 25.3 Å². The largest absolute Gasteiger partial charge is 0.491 e. The number of ether oxygens (including phenoxy) is 3. The van der Waals surface area contributed by atoms with E-state index in [1.807, 2.05) is 6.92 Å². The van der Waals surface area contributed by atoms with Gasteiger partial charge in [0, 0.05) is 12.0 Å². The molecule has 4 nitrogen and oxygen atoms in total. The van der Waals surface area contributed by atoms with Crippen molar-refractivity contribution in [3.05, 3.63) is 99.6 Å². The molecule has 1 atom stereocenters. The van der Waals surface area contributed by atoms with Crippen molar-refractivity contribution in [3.63, 3.8) is 0 Å². The summed E-state index contributed by atoms with van der Waals surface area (Å²) in [6.45, 7) is 4.13. The number of unbranched alkanes of at least 4 members (excludes halogenated alkanes) is 1. The van der Waals surface area contributed by atoms with E-state index in [9.17, 15) is 22.4 Å². The maximum Gasteiger partial charge on any atom is 0.341 e. The molecule has 0 amide bonds. The van der Waals surface area contributed by atoms with Gasteiger partial charge in [-0.2, -0.15) is 8.78 Å². The quantitative estimate of drug-likeness (QED) is 0.117. The Morgan fingerprint density at radius 1 is 0.702 bits per heavy atom. The Kier molecular flexibility index (Phi) is 11.2. The first kappa shape index (κ1) is 34.4. The van der Waals surface area contributed by atoms with Crippen molar-refractivity contribution in [1.29, 1.82) is 0 Å². The summed E-state index contributed by atoms with van der Waals surface area (Å²) in [5, 5.41) is 0. The number of hydrogen-bond acceptors (Lipinski definition) is 4. The number of carbonyl (C=O) groups excluding carboxylic acids is 1. The van der Waals surface area contributed by atoms with Crippen LogP contribution >= 0.6 is 0 Å². The molecular formula is C37H38F6O4. The van der Waals surface area contributed by atoms with Crippen LogP contribution < -0.4 is 9.47 Å². The number of halogens is 6. The summed E-state index contributed by atoms with van der Waals surface area (Å²) in [5.74, 6) is -8.43. The highest BCUT2D eigenvalue weighted by Gasteiger charge is 2.31. The summed E-state index contributed by atoms with van der Waals surface area (Å²) in [6, 6.07) is 8.36. The van der Waals surface area contributed by atoms with Gasteiger partial charge in [-0.05, 0) is 105 Å². The van der Waals surface area contributed by atoms with E-state index in [2.05, 4.69) is 0 Å². The number of benzene rings is 3. The third-order valence-corrected chi connectivity index (χ3v) is 9.10. The van der Waals surface area contributed by atoms with Crippen LogP contribution in [-0.2, 0) is 4.74 Å². The number of esters is 1. The first-order chi connectivity index (χ1) is 22.6. The van der Waals surface area contributed by atoms with Gasteiger partial charge in [0.1, 0.15) is 6.10 Å². The van der Waals surface area contributed by atoms with Crippen LogP contribution in [0.25, 0.3) is 5.57 Å². The summed E-state index contributed by atoms with van der Waals surface area (Å²) in [7, 11) is 0. The normalized spacial score (nSPS) is 19.7. The van der Waals surface area contributed by atoms with Crippen LogP contribution in [0.4, 0.5) is 26.3 Å². The van der Waals surface area contributed by atoms with Crippen LogP contribution in [0.15, 0.2) is 42.5 Å². The fourth-order valence-corrected chi connectivity index (χ4v) is 6.48. The highest BCUT2D eigenvalue weighted by atomic mass is 19.2. The molecule has 0 saturated heterocycles. The molecule has 2 aliphatic rings. The van der Waals surface area contributed by atoms with E-state index < -0.39 is 52.5 Å². The minimum atomic E-state index is -1.31. The standard InChI is InChI=1S/C37H38F6O4/c1-3-5-20-46-30-19-17-27(33(40)36(30)43)23-10-12-24(13-11-23)47-37(44)28-15-14-25(31(38)34(28)41)21-6-8-22(9-7-21)26-16-18-29(45-4-2)35(42)32(26)39/h10,14-19,21-22,24H,3-9,11-13,20H2,1-2H3. The van der Waals surface area contributed by atoms with Crippen molar-refractivity contribution in [2.45, 2.75) is 89.6 Å². The molecule has 10 heteroatoms. The van der Waals surface area contributed by atoms with Crippen molar-refractivity contribution in [2.24, 2.45) is 0 Å². The van der Waals surface area contributed by atoms with E-state index in [1.54, 1.807) is 13.0 Å². The second kappa shape index (κ2) is 15.3.